The number of fused-ring (bicyclic) bond motifs is 1. The van der Waals surface area contributed by atoms with Gasteiger partial charge in [-0.25, -0.2) is 4.98 Å². The van der Waals surface area contributed by atoms with Crippen molar-refractivity contribution in [3.8, 4) is 5.75 Å². The van der Waals surface area contributed by atoms with Gasteiger partial charge < -0.3 is 20.1 Å². The Hall–Kier alpha value is -2.83. The predicted molar refractivity (Wildman–Crippen MR) is 125 cm³/mol. The normalized spacial score (nSPS) is 20.9. The van der Waals surface area contributed by atoms with Gasteiger partial charge in [-0.05, 0) is 55.6 Å². The quantitative estimate of drug-likeness (QED) is 0.476. The van der Waals surface area contributed by atoms with Gasteiger partial charge >= 0.3 is 5.97 Å². The largest absolute Gasteiger partial charge is 0.497 e. The molecule has 7 nitrogen and oxygen atoms in total. The third-order valence-corrected chi connectivity index (χ3v) is 6.59. The van der Waals surface area contributed by atoms with Crippen LogP contribution in [0.5, 0.6) is 5.75 Å². The van der Waals surface area contributed by atoms with Crippen molar-refractivity contribution in [2.45, 2.75) is 52.9 Å². The van der Waals surface area contributed by atoms with Crippen LogP contribution in [0, 0.1) is 23.7 Å². The maximum absolute atomic E-state index is 12.1. The minimum atomic E-state index is -0.863. The second-order valence-corrected chi connectivity index (χ2v) is 9.24. The van der Waals surface area contributed by atoms with Gasteiger partial charge in [0.2, 0.25) is 5.91 Å². The average molecular weight is 442 g/mol. The summed E-state index contributed by atoms with van der Waals surface area (Å²) in [5.41, 5.74) is 3.27. The monoisotopic (exact) mass is 441 g/mol. The number of carbonyl (C=O) groups is 2. The number of allylic oxidation sites excluding steroid dienone is 1. The van der Waals surface area contributed by atoms with Crippen LogP contribution < -0.4 is 10.1 Å². The van der Waals surface area contributed by atoms with E-state index in [1.165, 1.54) is 5.57 Å². The fourth-order valence-electron chi connectivity index (χ4n) is 4.73. The molecule has 0 aliphatic heterocycles. The SMILES string of the molecule is COc1ccc2nc(CC3CC(C(C)C)C(CNC(=O)CCCC(=O)O)C=C3C)[nH]c2c1. The van der Waals surface area contributed by atoms with Crippen LogP contribution in [-0.2, 0) is 16.0 Å². The summed E-state index contributed by atoms with van der Waals surface area (Å²) in [6.07, 6.45) is 4.90. The van der Waals surface area contributed by atoms with E-state index in [0.29, 0.717) is 30.7 Å². The molecule has 2 aromatic rings. The highest BCUT2D eigenvalue weighted by Gasteiger charge is 2.32. The van der Waals surface area contributed by atoms with E-state index in [9.17, 15) is 9.59 Å². The van der Waals surface area contributed by atoms with E-state index >= 15 is 0 Å². The maximum atomic E-state index is 12.1. The molecule has 1 aliphatic carbocycles. The minimum Gasteiger partial charge on any atom is -0.497 e. The molecule has 0 bridgehead atoms. The molecular weight excluding hydrogens is 406 g/mol. The lowest BCUT2D eigenvalue weighted by Gasteiger charge is -2.37. The molecule has 0 spiro atoms. The third-order valence-electron chi connectivity index (χ3n) is 6.59. The standard InChI is InChI=1S/C25H35N3O4/c1-15(2)20-11-17(12-23-27-21-9-8-19(32-4)13-22(21)28-23)16(3)10-18(20)14-26-24(29)6-5-7-25(30)31/h8-10,13,15,17-18,20H,5-7,11-12,14H2,1-4H3,(H,26,29)(H,27,28)(H,30,31). The van der Waals surface area contributed by atoms with E-state index in [4.69, 9.17) is 14.8 Å². The van der Waals surface area contributed by atoms with E-state index in [1.807, 2.05) is 18.2 Å². The Balaban J connectivity index is 1.64. The Bertz CT molecular complexity index is 979. The number of rotatable bonds is 10. The van der Waals surface area contributed by atoms with Gasteiger partial charge in [0.15, 0.2) is 0 Å². The van der Waals surface area contributed by atoms with Crippen LogP contribution in [0.4, 0.5) is 0 Å². The minimum absolute atomic E-state index is 0.0285. The van der Waals surface area contributed by atoms with E-state index < -0.39 is 5.97 Å². The fourth-order valence-corrected chi connectivity index (χ4v) is 4.73. The topological polar surface area (TPSA) is 104 Å². The summed E-state index contributed by atoms with van der Waals surface area (Å²) in [6.45, 7) is 7.26. The van der Waals surface area contributed by atoms with Gasteiger partial charge in [-0.15, -0.1) is 0 Å². The van der Waals surface area contributed by atoms with Gasteiger partial charge in [0, 0.05) is 31.9 Å². The van der Waals surface area contributed by atoms with Crippen molar-refractivity contribution in [1.82, 2.24) is 15.3 Å². The third kappa shape index (κ3) is 6.11. The molecule has 1 aromatic carbocycles. The highest BCUT2D eigenvalue weighted by molar-refractivity contribution is 5.77. The smallest absolute Gasteiger partial charge is 0.303 e. The summed E-state index contributed by atoms with van der Waals surface area (Å²) in [6, 6.07) is 5.87. The van der Waals surface area contributed by atoms with E-state index in [-0.39, 0.29) is 24.7 Å². The molecule has 0 saturated carbocycles. The number of hydrogen-bond acceptors (Lipinski definition) is 4. The highest BCUT2D eigenvalue weighted by atomic mass is 16.5. The first-order valence-electron chi connectivity index (χ1n) is 11.5. The Kier molecular flexibility index (Phi) is 7.94. The number of H-pyrrole nitrogens is 1. The van der Waals surface area contributed by atoms with Crippen molar-refractivity contribution in [3.63, 3.8) is 0 Å². The zero-order chi connectivity index (χ0) is 23.3. The Morgan fingerprint density at radius 2 is 2.09 bits per heavy atom. The maximum Gasteiger partial charge on any atom is 0.303 e. The lowest BCUT2D eigenvalue weighted by molar-refractivity contribution is -0.137. The molecule has 0 saturated heterocycles. The number of amides is 1. The Morgan fingerprint density at radius 1 is 1.31 bits per heavy atom. The van der Waals surface area contributed by atoms with Crippen LogP contribution in [0.2, 0.25) is 0 Å². The lowest BCUT2D eigenvalue weighted by atomic mass is 9.69. The summed E-state index contributed by atoms with van der Waals surface area (Å²) in [5.74, 6) is 2.52. The molecule has 32 heavy (non-hydrogen) atoms. The van der Waals surface area contributed by atoms with Crippen molar-refractivity contribution in [2.24, 2.45) is 23.7 Å². The van der Waals surface area contributed by atoms with Crippen LogP contribution in [0.15, 0.2) is 29.8 Å². The molecule has 3 rings (SSSR count). The number of carboxylic acids is 1. The number of imidazole rings is 1. The van der Waals surface area contributed by atoms with Gasteiger partial charge in [-0.2, -0.15) is 0 Å². The molecule has 1 heterocycles. The van der Waals surface area contributed by atoms with Gasteiger partial charge in [-0.3, -0.25) is 9.59 Å². The zero-order valence-electron chi connectivity index (χ0n) is 19.5. The summed E-state index contributed by atoms with van der Waals surface area (Å²) in [4.78, 5) is 31.0. The second kappa shape index (κ2) is 10.7. The number of nitrogens with zero attached hydrogens (tertiary/aromatic N) is 1. The number of benzene rings is 1. The van der Waals surface area contributed by atoms with Crippen LogP contribution in [0.3, 0.4) is 0 Å². The summed E-state index contributed by atoms with van der Waals surface area (Å²) < 4.78 is 5.31. The molecule has 0 fully saturated rings. The number of aromatic amines is 1. The number of nitrogens with one attached hydrogen (secondary N) is 2. The number of carbonyl (C=O) groups excluding carboxylic acids is 1. The van der Waals surface area contributed by atoms with Crippen molar-refractivity contribution in [3.05, 3.63) is 35.7 Å². The van der Waals surface area contributed by atoms with Crippen LogP contribution in [0.25, 0.3) is 11.0 Å². The number of methoxy groups -OCH3 is 1. The average Bonchev–Trinajstić information content (AvgIpc) is 3.14. The number of carboxylic acid groups (broad SMARTS) is 1. The predicted octanol–water partition coefficient (Wildman–Crippen LogP) is 4.34. The molecule has 3 atom stereocenters. The van der Waals surface area contributed by atoms with Gasteiger partial charge in [0.05, 0.1) is 18.1 Å². The van der Waals surface area contributed by atoms with Crippen molar-refractivity contribution in [2.75, 3.05) is 13.7 Å². The van der Waals surface area contributed by atoms with Crippen molar-refractivity contribution in [1.29, 1.82) is 0 Å². The molecular formula is C25H35N3O4. The van der Waals surface area contributed by atoms with E-state index in [2.05, 4.69) is 37.1 Å². The summed E-state index contributed by atoms with van der Waals surface area (Å²) in [7, 11) is 1.66. The molecule has 1 aliphatic rings. The van der Waals surface area contributed by atoms with Crippen LogP contribution in [0.1, 0.15) is 52.3 Å². The Labute approximate surface area is 189 Å². The van der Waals surface area contributed by atoms with Crippen LogP contribution in [-0.4, -0.2) is 40.6 Å². The van der Waals surface area contributed by atoms with E-state index in [0.717, 1.165) is 35.4 Å². The van der Waals surface area contributed by atoms with Gasteiger partial charge in [-0.1, -0.05) is 25.5 Å². The zero-order valence-corrected chi connectivity index (χ0v) is 19.5. The molecule has 1 aromatic heterocycles. The molecule has 0 radical (unpaired) electrons. The summed E-state index contributed by atoms with van der Waals surface area (Å²) in [5, 5.41) is 11.7. The first kappa shape index (κ1) is 23.8. The van der Waals surface area contributed by atoms with Crippen molar-refractivity contribution < 1.29 is 19.4 Å². The number of aliphatic carboxylic acids is 1. The number of aromatic nitrogens is 2. The summed E-state index contributed by atoms with van der Waals surface area (Å²) >= 11 is 0. The molecule has 3 unspecified atom stereocenters. The molecule has 1 amide bonds. The molecule has 174 valence electrons. The highest BCUT2D eigenvalue weighted by Crippen LogP contribution is 2.38. The molecule has 3 N–H and O–H groups in total. The Morgan fingerprint density at radius 3 is 2.78 bits per heavy atom. The second-order valence-electron chi connectivity index (χ2n) is 9.24. The molecule has 7 heteroatoms. The van der Waals surface area contributed by atoms with E-state index in [1.54, 1.807) is 7.11 Å². The first-order valence-corrected chi connectivity index (χ1v) is 11.5. The number of hydrogen-bond donors (Lipinski definition) is 3. The van der Waals surface area contributed by atoms with Gasteiger partial charge in [0.25, 0.3) is 0 Å². The fraction of sp³-hybridized carbons (Fsp3) is 0.560. The number of ether oxygens (including phenoxy) is 1. The lowest BCUT2D eigenvalue weighted by Crippen LogP contribution is -2.37. The first-order chi connectivity index (χ1) is 15.3. The van der Waals surface area contributed by atoms with Gasteiger partial charge in [0.1, 0.15) is 11.6 Å². The van der Waals surface area contributed by atoms with Crippen molar-refractivity contribution >= 4 is 22.9 Å². The van der Waals surface area contributed by atoms with Crippen LogP contribution >= 0.6 is 0 Å².